The molecule has 2 aliphatic rings. The molecule has 0 N–H and O–H groups in total. The third kappa shape index (κ3) is 5.97. The number of rotatable bonds is 9. The molecule has 0 radical (unpaired) electrons. The van der Waals surface area contributed by atoms with Crippen molar-refractivity contribution < 1.29 is 28.4 Å². The number of benzene rings is 2. The highest BCUT2D eigenvalue weighted by Crippen LogP contribution is 2.37. The van der Waals surface area contributed by atoms with Gasteiger partial charge >= 0.3 is 0 Å². The Kier molecular flexibility index (Phi) is 7.03. The molecule has 0 saturated carbocycles. The molecule has 2 aliphatic heterocycles. The molecule has 4 rings (SSSR count). The van der Waals surface area contributed by atoms with Gasteiger partial charge in [0.05, 0.1) is 6.61 Å². The Labute approximate surface area is 194 Å². The van der Waals surface area contributed by atoms with Crippen molar-refractivity contribution in [1.82, 2.24) is 0 Å². The fourth-order valence-electron chi connectivity index (χ4n) is 3.68. The van der Waals surface area contributed by atoms with E-state index in [1.54, 1.807) is 11.8 Å². The van der Waals surface area contributed by atoms with Crippen LogP contribution < -0.4 is 9.47 Å². The minimum atomic E-state index is -0.631. The molecule has 0 aromatic heterocycles. The van der Waals surface area contributed by atoms with E-state index in [9.17, 15) is 0 Å². The van der Waals surface area contributed by atoms with E-state index in [0.29, 0.717) is 25.6 Å². The summed E-state index contributed by atoms with van der Waals surface area (Å²) in [5, 5.41) is 0. The maximum atomic E-state index is 6.33. The van der Waals surface area contributed by atoms with E-state index in [1.165, 1.54) is 5.56 Å². The van der Waals surface area contributed by atoms with Gasteiger partial charge in [0.15, 0.2) is 18.4 Å². The summed E-state index contributed by atoms with van der Waals surface area (Å²) in [6, 6.07) is 14.2. The largest absolute Gasteiger partial charge is 0.490 e. The van der Waals surface area contributed by atoms with E-state index >= 15 is 0 Å². The summed E-state index contributed by atoms with van der Waals surface area (Å²) in [5.41, 5.74) is 1.74. The molecule has 2 aromatic carbocycles. The molecule has 2 saturated heterocycles. The summed E-state index contributed by atoms with van der Waals surface area (Å²) < 4.78 is 35.0. The fourth-order valence-corrected chi connectivity index (χ4v) is 4.76. The minimum Gasteiger partial charge on any atom is -0.490 e. The molecule has 0 aliphatic carbocycles. The molecule has 2 heterocycles. The van der Waals surface area contributed by atoms with Gasteiger partial charge in [-0.1, -0.05) is 17.7 Å². The molecule has 0 spiro atoms. The van der Waals surface area contributed by atoms with Gasteiger partial charge in [-0.05, 0) is 70.5 Å². The van der Waals surface area contributed by atoms with Crippen LogP contribution in [0.15, 0.2) is 47.4 Å². The van der Waals surface area contributed by atoms with Crippen molar-refractivity contribution in [3.63, 3.8) is 0 Å². The predicted molar refractivity (Wildman–Crippen MR) is 123 cm³/mol. The fraction of sp³-hybridized carbons (Fsp3) is 0.520. The van der Waals surface area contributed by atoms with E-state index in [-0.39, 0.29) is 12.6 Å². The second-order valence-electron chi connectivity index (χ2n) is 8.87. The van der Waals surface area contributed by atoms with Crippen molar-refractivity contribution >= 4 is 11.8 Å². The molecule has 32 heavy (non-hydrogen) atoms. The normalized spacial score (nSPS) is 26.5. The summed E-state index contributed by atoms with van der Waals surface area (Å²) in [4.78, 5) is 1.14. The zero-order valence-electron chi connectivity index (χ0n) is 19.4. The minimum absolute atomic E-state index is 0.141. The maximum Gasteiger partial charge on any atom is 0.197 e. The Bertz CT molecular complexity index is 909. The van der Waals surface area contributed by atoms with Gasteiger partial charge < -0.3 is 28.4 Å². The molecule has 1 unspecified atom stereocenters. The van der Waals surface area contributed by atoms with E-state index < -0.39 is 11.4 Å². The van der Waals surface area contributed by atoms with Crippen LogP contribution in [0.4, 0.5) is 0 Å². The van der Waals surface area contributed by atoms with Crippen LogP contribution in [-0.2, 0) is 18.9 Å². The van der Waals surface area contributed by atoms with Crippen molar-refractivity contribution in [2.24, 2.45) is 0 Å². The van der Waals surface area contributed by atoms with Crippen molar-refractivity contribution in [3.05, 3.63) is 53.6 Å². The Hall–Kier alpha value is -1.77. The average Bonchev–Trinajstić information content (AvgIpc) is 3.04. The number of hydrogen-bond acceptors (Lipinski definition) is 7. The first-order valence-electron chi connectivity index (χ1n) is 10.9. The highest BCUT2D eigenvalue weighted by atomic mass is 32.2. The molecular weight excluding hydrogens is 428 g/mol. The monoisotopic (exact) mass is 460 g/mol. The van der Waals surface area contributed by atoms with Gasteiger partial charge in [0.25, 0.3) is 0 Å². The molecule has 2 aromatic rings. The van der Waals surface area contributed by atoms with Gasteiger partial charge in [-0.15, -0.1) is 11.8 Å². The molecule has 6 nitrogen and oxygen atoms in total. The SMILES string of the molecule is Cc1ccc(OCC2(CSc3ccc(OCC4OC(C)O4)c(C)c3)COC(C)(C)O2)cc1. The second kappa shape index (κ2) is 9.61. The van der Waals surface area contributed by atoms with Crippen LogP contribution in [0.25, 0.3) is 0 Å². The summed E-state index contributed by atoms with van der Waals surface area (Å²) in [6.45, 7) is 11.1. The van der Waals surface area contributed by atoms with Crippen LogP contribution in [-0.4, -0.2) is 49.5 Å². The third-order valence-electron chi connectivity index (χ3n) is 5.38. The second-order valence-corrected chi connectivity index (χ2v) is 9.92. The van der Waals surface area contributed by atoms with Crippen LogP contribution in [0, 0.1) is 13.8 Å². The van der Waals surface area contributed by atoms with Gasteiger partial charge in [-0.2, -0.15) is 0 Å². The topological polar surface area (TPSA) is 55.4 Å². The number of aryl methyl sites for hydroxylation is 2. The molecule has 174 valence electrons. The van der Waals surface area contributed by atoms with Crippen molar-refractivity contribution in [1.29, 1.82) is 0 Å². The van der Waals surface area contributed by atoms with Gasteiger partial charge in [0.1, 0.15) is 30.3 Å². The summed E-state index contributed by atoms with van der Waals surface area (Å²) in [7, 11) is 0. The zero-order valence-corrected chi connectivity index (χ0v) is 20.2. The highest BCUT2D eigenvalue weighted by molar-refractivity contribution is 7.99. The van der Waals surface area contributed by atoms with E-state index in [0.717, 1.165) is 22.0 Å². The third-order valence-corrected chi connectivity index (χ3v) is 6.64. The average molecular weight is 461 g/mol. The van der Waals surface area contributed by atoms with Crippen LogP contribution >= 0.6 is 11.8 Å². The van der Waals surface area contributed by atoms with Gasteiger partial charge in [-0.3, -0.25) is 0 Å². The van der Waals surface area contributed by atoms with Crippen molar-refractivity contribution in [2.75, 3.05) is 25.6 Å². The predicted octanol–water partition coefficient (Wildman–Crippen LogP) is 5.09. The lowest BCUT2D eigenvalue weighted by molar-refractivity contribution is -0.380. The zero-order chi connectivity index (χ0) is 22.8. The Morgan fingerprint density at radius 3 is 2.41 bits per heavy atom. The summed E-state index contributed by atoms with van der Waals surface area (Å²) in [6.07, 6.45) is -0.424. The molecule has 0 bridgehead atoms. The first kappa shape index (κ1) is 23.4. The maximum absolute atomic E-state index is 6.33. The van der Waals surface area contributed by atoms with Crippen LogP contribution in [0.5, 0.6) is 11.5 Å². The van der Waals surface area contributed by atoms with Crippen LogP contribution in [0.2, 0.25) is 0 Å². The molecule has 7 heteroatoms. The van der Waals surface area contributed by atoms with Crippen LogP contribution in [0.3, 0.4) is 0 Å². The van der Waals surface area contributed by atoms with Crippen molar-refractivity contribution in [3.8, 4) is 11.5 Å². The van der Waals surface area contributed by atoms with Crippen LogP contribution in [0.1, 0.15) is 31.9 Å². The van der Waals surface area contributed by atoms with Crippen molar-refractivity contribution in [2.45, 2.75) is 63.5 Å². The lowest BCUT2D eigenvalue weighted by atomic mass is 10.1. The van der Waals surface area contributed by atoms with E-state index in [2.05, 4.69) is 19.1 Å². The number of ether oxygens (including phenoxy) is 6. The Balaban J connectivity index is 1.36. The van der Waals surface area contributed by atoms with Gasteiger partial charge in [0, 0.05) is 10.6 Å². The summed E-state index contributed by atoms with van der Waals surface area (Å²) in [5.74, 6) is 1.75. The van der Waals surface area contributed by atoms with E-state index in [4.69, 9.17) is 28.4 Å². The first-order chi connectivity index (χ1) is 15.2. The smallest absolute Gasteiger partial charge is 0.197 e. The Morgan fingerprint density at radius 2 is 1.78 bits per heavy atom. The Morgan fingerprint density at radius 1 is 1.03 bits per heavy atom. The number of hydrogen-bond donors (Lipinski definition) is 0. The summed E-state index contributed by atoms with van der Waals surface area (Å²) >= 11 is 1.73. The van der Waals surface area contributed by atoms with E-state index in [1.807, 2.05) is 58.0 Å². The molecule has 2 fully saturated rings. The van der Waals surface area contributed by atoms with Gasteiger partial charge in [-0.25, -0.2) is 0 Å². The molecular formula is C25H32O6S. The lowest BCUT2D eigenvalue weighted by Gasteiger charge is -2.33. The standard InChI is InChI=1S/C25H32O6S/c1-17-6-8-20(9-7-17)27-14-25(15-28-24(4,5)31-25)16-32-21-10-11-22(18(2)12-21)26-13-23-29-19(3)30-23/h6-12,19,23H,13-16H2,1-5H3. The van der Waals surface area contributed by atoms with Gasteiger partial charge in [0.2, 0.25) is 0 Å². The number of thioether (sulfide) groups is 1. The first-order valence-corrected chi connectivity index (χ1v) is 11.9. The molecule has 0 amide bonds. The highest BCUT2D eigenvalue weighted by Gasteiger charge is 2.46. The molecule has 1 atom stereocenters. The lowest BCUT2D eigenvalue weighted by Crippen LogP contribution is -2.43. The quantitative estimate of drug-likeness (QED) is 0.483.